The summed E-state index contributed by atoms with van der Waals surface area (Å²) in [5, 5.41) is 11.1. The highest BCUT2D eigenvalue weighted by Gasteiger charge is 2.16. The molecule has 24 heavy (non-hydrogen) atoms. The molecular formula is C17H18FN5O. The van der Waals surface area contributed by atoms with Gasteiger partial charge >= 0.3 is 0 Å². The molecule has 6 nitrogen and oxygen atoms in total. The number of halogens is 1. The molecule has 0 radical (unpaired) electrons. The first-order chi connectivity index (χ1) is 11.6. The fraction of sp³-hybridized carbons (Fsp3) is 0.235. The highest BCUT2D eigenvalue weighted by molar-refractivity contribution is 5.93. The van der Waals surface area contributed by atoms with Gasteiger partial charge in [-0.1, -0.05) is 0 Å². The number of amides is 1. The molecule has 0 unspecified atom stereocenters. The van der Waals surface area contributed by atoms with E-state index in [2.05, 4.69) is 15.3 Å². The number of aryl methyl sites for hydroxylation is 1. The van der Waals surface area contributed by atoms with Crippen molar-refractivity contribution in [3.05, 3.63) is 59.8 Å². The van der Waals surface area contributed by atoms with E-state index in [-0.39, 0.29) is 11.7 Å². The maximum Gasteiger partial charge on any atom is 0.271 e. The first-order valence-corrected chi connectivity index (χ1v) is 7.65. The van der Waals surface area contributed by atoms with Crippen molar-refractivity contribution in [1.82, 2.24) is 24.9 Å². The molecule has 2 aromatic heterocycles. The van der Waals surface area contributed by atoms with Crippen molar-refractivity contribution < 1.29 is 9.18 Å². The van der Waals surface area contributed by atoms with Crippen LogP contribution >= 0.6 is 0 Å². The molecule has 2 heterocycles. The van der Waals surface area contributed by atoms with Crippen molar-refractivity contribution in [2.45, 2.75) is 20.0 Å². The fourth-order valence-corrected chi connectivity index (χ4v) is 2.41. The van der Waals surface area contributed by atoms with E-state index < -0.39 is 0 Å². The van der Waals surface area contributed by atoms with Gasteiger partial charge in [-0.2, -0.15) is 10.2 Å². The number of H-pyrrole nitrogens is 1. The number of nitrogens with zero attached hydrogens (tertiary/aromatic N) is 4. The lowest BCUT2D eigenvalue weighted by Crippen LogP contribution is -2.26. The van der Waals surface area contributed by atoms with Crippen LogP contribution in [0.15, 0.2) is 42.7 Å². The average molecular weight is 327 g/mol. The summed E-state index contributed by atoms with van der Waals surface area (Å²) in [5.41, 5.74) is 2.70. The van der Waals surface area contributed by atoms with Gasteiger partial charge in [0.2, 0.25) is 0 Å². The molecule has 3 rings (SSSR count). The summed E-state index contributed by atoms with van der Waals surface area (Å²) in [6.45, 7) is 3.26. The number of nitrogens with one attached hydrogen (secondary N) is 1. The molecule has 0 aliphatic carbocycles. The second-order valence-corrected chi connectivity index (χ2v) is 5.54. The minimum Gasteiger partial charge on any atom is -0.336 e. The molecule has 0 aliphatic heterocycles. The van der Waals surface area contributed by atoms with Gasteiger partial charge in [0.25, 0.3) is 5.91 Å². The normalized spacial score (nSPS) is 10.8. The Morgan fingerprint density at radius 2 is 2.08 bits per heavy atom. The number of aromatic nitrogens is 4. The lowest BCUT2D eigenvalue weighted by molar-refractivity contribution is 0.0779. The topological polar surface area (TPSA) is 66.8 Å². The van der Waals surface area contributed by atoms with Crippen molar-refractivity contribution in [3.63, 3.8) is 0 Å². The molecule has 0 bridgehead atoms. The van der Waals surface area contributed by atoms with E-state index in [1.807, 2.05) is 17.8 Å². The molecule has 0 fully saturated rings. The van der Waals surface area contributed by atoms with Gasteiger partial charge in [-0.25, -0.2) is 4.39 Å². The first-order valence-electron chi connectivity index (χ1n) is 7.65. The van der Waals surface area contributed by atoms with Gasteiger partial charge in [0.1, 0.15) is 11.5 Å². The lowest BCUT2D eigenvalue weighted by atomic mass is 10.1. The van der Waals surface area contributed by atoms with Crippen molar-refractivity contribution >= 4 is 5.91 Å². The molecule has 0 atom stereocenters. The zero-order valence-corrected chi connectivity index (χ0v) is 13.5. The minimum absolute atomic E-state index is 0.167. The second kappa shape index (κ2) is 6.66. The van der Waals surface area contributed by atoms with Crippen LogP contribution in [0, 0.1) is 5.82 Å². The SMILES string of the molecule is CCn1cc(CN(C)C(=O)c2cc(-c3ccc(F)cc3)n[nH]2)cn1. The van der Waals surface area contributed by atoms with E-state index in [0.717, 1.165) is 17.7 Å². The minimum atomic E-state index is -0.307. The third-order valence-corrected chi connectivity index (χ3v) is 3.73. The van der Waals surface area contributed by atoms with Gasteiger partial charge in [0.15, 0.2) is 0 Å². The predicted octanol–water partition coefficient (Wildman–Crippen LogP) is 2.70. The number of carbonyl (C=O) groups is 1. The number of hydrogen-bond acceptors (Lipinski definition) is 3. The number of aromatic amines is 1. The number of carbonyl (C=O) groups excluding carboxylic acids is 1. The first kappa shape index (κ1) is 15.9. The summed E-state index contributed by atoms with van der Waals surface area (Å²) in [6, 6.07) is 7.65. The van der Waals surface area contributed by atoms with Gasteiger partial charge in [-0.05, 0) is 37.3 Å². The molecule has 1 amide bonds. The molecule has 0 spiro atoms. The van der Waals surface area contributed by atoms with Crippen LogP contribution < -0.4 is 0 Å². The zero-order valence-electron chi connectivity index (χ0n) is 13.5. The van der Waals surface area contributed by atoms with E-state index in [1.165, 1.54) is 12.1 Å². The van der Waals surface area contributed by atoms with Gasteiger partial charge < -0.3 is 4.90 Å². The van der Waals surface area contributed by atoms with Crippen LogP contribution in [-0.4, -0.2) is 37.8 Å². The van der Waals surface area contributed by atoms with E-state index in [9.17, 15) is 9.18 Å². The molecule has 1 N–H and O–H groups in total. The smallest absolute Gasteiger partial charge is 0.271 e. The monoisotopic (exact) mass is 327 g/mol. The standard InChI is InChI=1S/C17H18FN5O/c1-3-23-11-12(9-19-23)10-22(2)17(24)16-8-15(20-21-16)13-4-6-14(18)7-5-13/h4-9,11H,3,10H2,1-2H3,(H,20,21). The summed E-state index contributed by atoms with van der Waals surface area (Å²) in [4.78, 5) is 14.1. The Labute approximate surface area is 138 Å². The van der Waals surface area contributed by atoms with E-state index in [1.54, 1.807) is 36.3 Å². The van der Waals surface area contributed by atoms with Crippen LogP contribution in [0.25, 0.3) is 11.3 Å². The molecule has 0 saturated carbocycles. The maximum absolute atomic E-state index is 13.0. The predicted molar refractivity (Wildman–Crippen MR) is 87.7 cm³/mol. The Morgan fingerprint density at radius 3 is 2.75 bits per heavy atom. The summed E-state index contributed by atoms with van der Waals surface area (Å²) in [5.74, 6) is -0.474. The quantitative estimate of drug-likeness (QED) is 0.783. The largest absolute Gasteiger partial charge is 0.336 e. The third-order valence-electron chi connectivity index (χ3n) is 3.73. The van der Waals surface area contributed by atoms with Crippen LogP contribution in [0.4, 0.5) is 4.39 Å². The number of benzene rings is 1. The Balaban J connectivity index is 1.71. The zero-order chi connectivity index (χ0) is 17.1. The summed E-state index contributed by atoms with van der Waals surface area (Å²) >= 11 is 0. The fourth-order valence-electron chi connectivity index (χ4n) is 2.41. The Morgan fingerprint density at radius 1 is 1.33 bits per heavy atom. The Kier molecular flexibility index (Phi) is 4.41. The number of hydrogen-bond donors (Lipinski definition) is 1. The molecule has 0 aliphatic rings. The molecule has 124 valence electrons. The van der Waals surface area contributed by atoms with E-state index >= 15 is 0 Å². The maximum atomic E-state index is 13.0. The third kappa shape index (κ3) is 3.34. The summed E-state index contributed by atoms with van der Waals surface area (Å²) in [7, 11) is 1.73. The van der Waals surface area contributed by atoms with Gasteiger partial charge in [0.05, 0.1) is 11.9 Å². The van der Waals surface area contributed by atoms with Crippen molar-refractivity contribution in [3.8, 4) is 11.3 Å². The molecule has 1 aromatic carbocycles. The lowest BCUT2D eigenvalue weighted by Gasteiger charge is -2.14. The van der Waals surface area contributed by atoms with Crippen LogP contribution in [0.1, 0.15) is 23.0 Å². The molecule has 3 aromatic rings. The number of rotatable bonds is 5. The molecule has 0 saturated heterocycles. The average Bonchev–Trinajstić information content (AvgIpc) is 3.24. The van der Waals surface area contributed by atoms with Crippen molar-refractivity contribution in [1.29, 1.82) is 0 Å². The van der Waals surface area contributed by atoms with Crippen molar-refractivity contribution in [2.24, 2.45) is 0 Å². The van der Waals surface area contributed by atoms with E-state index in [0.29, 0.717) is 17.9 Å². The second-order valence-electron chi connectivity index (χ2n) is 5.54. The Bertz CT molecular complexity index is 837. The van der Waals surface area contributed by atoms with Crippen LogP contribution in [-0.2, 0) is 13.1 Å². The van der Waals surface area contributed by atoms with Gasteiger partial charge in [-0.3, -0.25) is 14.6 Å². The van der Waals surface area contributed by atoms with Gasteiger partial charge in [0, 0.05) is 37.5 Å². The summed E-state index contributed by atoms with van der Waals surface area (Å²) in [6.07, 6.45) is 3.67. The molecular weight excluding hydrogens is 309 g/mol. The highest BCUT2D eigenvalue weighted by atomic mass is 19.1. The van der Waals surface area contributed by atoms with Crippen LogP contribution in [0.3, 0.4) is 0 Å². The van der Waals surface area contributed by atoms with Crippen LogP contribution in [0.5, 0.6) is 0 Å². The summed E-state index contributed by atoms with van der Waals surface area (Å²) < 4.78 is 14.8. The van der Waals surface area contributed by atoms with Crippen LogP contribution in [0.2, 0.25) is 0 Å². The van der Waals surface area contributed by atoms with Crippen molar-refractivity contribution in [2.75, 3.05) is 7.05 Å². The highest BCUT2D eigenvalue weighted by Crippen LogP contribution is 2.18. The van der Waals surface area contributed by atoms with Gasteiger partial charge in [-0.15, -0.1) is 0 Å². The van der Waals surface area contributed by atoms with E-state index in [4.69, 9.17) is 0 Å². The molecule has 7 heteroatoms. The Hall–Kier alpha value is -2.96.